The van der Waals surface area contributed by atoms with Gasteiger partial charge in [0, 0.05) is 18.5 Å². The van der Waals surface area contributed by atoms with E-state index in [-0.39, 0.29) is 24.4 Å². The fraction of sp³-hybridized carbons (Fsp3) is 0.176. The maximum Gasteiger partial charge on any atom is 0.350 e. The Hall–Kier alpha value is -2.62. The van der Waals surface area contributed by atoms with Crippen LogP contribution in [-0.4, -0.2) is 29.5 Å². The molecule has 0 aliphatic carbocycles. The predicted molar refractivity (Wildman–Crippen MR) is 95.8 cm³/mol. The quantitative estimate of drug-likeness (QED) is 0.655. The summed E-state index contributed by atoms with van der Waals surface area (Å²) in [5.74, 6) is -0.0679. The third-order valence-corrected chi connectivity index (χ3v) is 4.47. The summed E-state index contributed by atoms with van der Waals surface area (Å²) in [6.07, 6.45) is 1.96. The Morgan fingerprint density at radius 3 is 2.77 bits per heavy atom. The molecule has 136 valence electrons. The Morgan fingerprint density at radius 1 is 1.31 bits per heavy atom. The van der Waals surface area contributed by atoms with E-state index >= 15 is 0 Å². The lowest BCUT2D eigenvalue weighted by Gasteiger charge is -2.07. The second kappa shape index (κ2) is 7.73. The van der Waals surface area contributed by atoms with Crippen LogP contribution in [0.5, 0.6) is 0 Å². The maximum atomic E-state index is 12.7. The Balaban J connectivity index is 2.00. The first-order valence-corrected chi connectivity index (χ1v) is 8.99. The molecular formula is C17H16FN4O3S-. The molecule has 0 spiro atoms. The molecule has 0 saturated heterocycles. The van der Waals surface area contributed by atoms with Crippen molar-refractivity contribution in [1.82, 2.24) is 14.2 Å². The third-order valence-electron chi connectivity index (χ3n) is 3.90. The van der Waals surface area contributed by atoms with Crippen molar-refractivity contribution in [3.63, 3.8) is 0 Å². The summed E-state index contributed by atoms with van der Waals surface area (Å²) < 4.78 is 37.0. The number of rotatable bonds is 6. The minimum atomic E-state index is -2.17. The van der Waals surface area contributed by atoms with Crippen molar-refractivity contribution in [2.75, 3.05) is 6.54 Å². The molecule has 1 unspecified atom stereocenters. The van der Waals surface area contributed by atoms with E-state index in [1.165, 1.54) is 4.40 Å². The van der Waals surface area contributed by atoms with Crippen LogP contribution in [-0.2, 0) is 23.4 Å². The van der Waals surface area contributed by atoms with Gasteiger partial charge in [0.2, 0.25) is 0 Å². The molecule has 7 nitrogen and oxygen atoms in total. The fourth-order valence-electron chi connectivity index (χ4n) is 2.61. The van der Waals surface area contributed by atoms with Crippen LogP contribution >= 0.6 is 0 Å². The Bertz CT molecular complexity index is 1060. The second-order valence-corrected chi connectivity index (χ2v) is 6.60. The zero-order valence-corrected chi connectivity index (χ0v) is 14.5. The molecule has 0 saturated carbocycles. The minimum Gasteiger partial charge on any atom is -0.772 e. The molecule has 0 bridgehead atoms. The van der Waals surface area contributed by atoms with Crippen LogP contribution in [0.1, 0.15) is 5.56 Å². The van der Waals surface area contributed by atoms with Crippen molar-refractivity contribution in [2.45, 2.75) is 12.3 Å². The Labute approximate surface area is 150 Å². The first kappa shape index (κ1) is 18.2. The number of nitrogens with zero attached hydrogens (tertiary/aromatic N) is 3. The summed E-state index contributed by atoms with van der Waals surface area (Å²) in [5.41, 5.74) is 7.95. The normalized spacial score (nSPS) is 13.3. The lowest BCUT2D eigenvalue weighted by Crippen LogP contribution is -2.23. The highest BCUT2D eigenvalue weighted by Crippen LogP contribution is 2.21. The highest BCUT2D eigenvalue weighted by molar-refractivity contribution is 7.78. The molecule has 1 aromatic carbocycles. The molecule has 0 aliphatic rings. The number of pyridine rings is 1. The number of hydrogen-bond donors (Lipinski definition) is 1. The van der Waals surface area contributed by atoms with Crippen molar-refractivity contribution in [3.8, 4) is 11.1 Å². The summed E-state index contributed by atoms with van der Waals surface area (Å²) >= 11 is -2.17. The molecule has 3 rings (SSSR count). The zero-order valence-electron chi connectivity index (χ0n) is 13.7. The number of fused-ring (bicyclic) bond motifs is 1. The average molecular weight is 375 g/mol. The van der Waals surface area contributed by atoms with Crippen molar-refractivity contribution in [2.24, 2.45) is 5.73 Å². The van der Waals surface area contributed by atoms with E-state index < -0.39 is 16.8 Å². The van der Waals surface area contributed by atoms with Crippen LogP contribution in [0.25, 0.3) is 16.8 Å². The summed E-state index contributed by atoms with van der Waals surface area (Å²) in [5, 5.41) is 4.21. The smallest absolute Gasteiger partial charge is 0.350 e. The predicted octanol–water partition coefficient (Wildman–Crippen LogP) is 1.35. The highest BCUT2D eigenvalue weighted by atomic mass is 32.2. The van der Waals surface area contributed by atoms with Crippen molar-refractivity contribution in [1.29, 1.82) is 0 Å². The van der Waals surface area contributed by atoms with Crippen molar-refractivity contribution < 1.29 is 13.2 Å². The van der Waals surface area contributed by atoms with Gasteiger partial charge >= 0.3 is 5.69 Å². The molecule has 0 aliphatic heterocycles. The molecular weight excluding hydrogens is 359 g/mol. The van der Waals surface area contributed by atoms with Gasteiger partial charge in [-0.05, 0) is 34.4 Å². The molecule has 3 aromatic rings. The lowest BCUT2D eigenvalue weighted by atomic mass is 10.0. The number of hydrogen-bond acceptors (Lipinski definition) is 5. The SMILES string of the molecule is NC/C(=C\F)Cn1nc2cc(-c3cccc(CS(=O)[O-])c3)ccn2c1=O. The van der Waals surface area contributed by atoms with Gasteiger partial charge in [-0.15, -0.1) is 5.10 Å². The molecule has 1 atom stereocenters. The van der Waals surface area contributed by atoms with Crippen LogP contribution in [0.3, 0.4) is 0 Å². The summed E-state index contributed by atoms with van der Waals surface area (Å²) in [6, 6.07) is 10.6. The molecule has 2 N–H and O–H groups in total. The summed E-state index contributed by atoms with van der Waals surface area (Å²) in [7, 11) is 0. The molecule has 2 heterocycles. The number of nitrogens with two attached hydrogens (primary N) is 1. The van der Waals surface area contributed by atoms with Crippen LogP contribution in [0.2, 0.25) is 0 Å². The summed E-state index contributed by atoms with van der Waals surface area (Å²) in [6.45, 7) is -0.0242. The van der Waals surface area contributed by atoms with Crippen LogP contribution < -0.4 is 11.4 Å². The van der Waals surface area contributed by atoms with Gasteiger partial charge < -0.3 is 10.3 Å². The second-order valence-electron chi connectivity index (χ2n) is 5.70. The van der Waals surface area contributed by atoms with Gasteiger partial charge in [-0.1, -0.05) is 35.3 Å². The molecule has 0 fully saturated rings. The van der Waals surface area contributed by atoms with E-state index in [9.17, 15) is 17.9 Å². The number of aromatic nitrogens is 3. The Morgan fingerprint density at radius 2 is 2.08 bits per heavy atom. The van der Waals surface area contributed by atoms with Crippen LogP contribution in [0.4, 0.5) is 4.39 Å². The first-order chi connectivity index (χ1) is 12.5. The lowest BCUT2D eigenvalue weighted by molar-refractivity contribution is 0.536. The number of halogens is 1. The minimum absolute atomic E-state index is 0.00403. The van der Waals surface area contributed by atoms with Gasteiger partial charge in [0.15, 0.2) is 5.65 Å². The van der Waals surface area contributed by atoms with Gasteiger partial charge in [0.1, 0.15) is 0 Å². The topological polar surface area (TPSA) is 105 Å². The standard InChI is InChI=1S/C17H17FN4O3S/c18-8-13(9-19)10-22-17(23)21-5-4-15(7-16(21)20-22)14-3-1-2-12(6-14)11-26(24)25/h1-8H,9-11,19H2,(H,24,25)/p-1/b13-8+. The molecule has 0 radical (unpaired) electrons. The molecule has 9 heteroatoms. The highest BCUT2D eigenvalue weighted by Gasteiger charge is 2.10. The molecule has 2 aromatic heterocycles. The summed E-state index contributed by atoms with van der Waals surface area (Å²) in [4.78, 5) is 12.3. The maximum absolute atomic E-state index is 12.7. The monoisotopic (exact) mass is 375 g/mol. The number of benzene rings is 1. The van der Waals surface area contributed by atoms with Gasteiger partial charge in [-0.2, -0.15) is 0 Å². The van der Waals surface area contributed by atoms with E-state index in [4.69, 9.17) is 5.73 Å². The van der Waals surface area contributed by atoms with E-state index in [0.717, 1.165) is 15.8 Å². The average Bonchev–Trinajstić information content (AvgIpc) is 2.94. The van der Waals surface area contributed by atoms with E-state index in [0.29, 0.717) is 17.5 Å². The Kier molecular flexibility index (Phi) is 5.40. The van der Waals surface area contributed by atoms with Gasteiger partial charge in [0.25, 0.3) is 0 Å². The van der Waals surface area contributed by atoms with Crippen LogP contribution in [0.15, 0.2) is 59.3 Å². The third kappa shape index (κ3) is 3.79. The van der Waals surface area contributed by atoms with E-state index in [1.807, 2.05) is 6.07 Å². The molecule has 0 amide bonds. The van der Waals surface area contributed by atoms with Crippen molar-refractivity contribution in [3.05, 3.63) is 70.5 Å². The van der Waals surface area contributed by atoms with Gasteiger partial charge in [0.05, 0.1) is 12.9 Å². The van der Waals surface area contributed by atoms with Gasteiger partial charge in [-0.25, -0.2) is 13.9 Å². The largest absolute Gasteiger partial charge is 0.772 e. The van der Waals surface area contributed by atoms with E-state index in [2.05, 4.69) is 5.10 Å². The van der Waals surface area contributed by atoms with E-state index in [1.54, 1.807) is 36.5 Å². The fourth-order valence-corrected chi connectivity index (χ4v) is 3.06. The first-order valence-electron chi connectivity index (χ1n) is 7.74. The van der Waals surface area contributed by atoms with Crippen molar-refractivity contribution >= 4 is 16.7 Å². The van der Waals surface area contributed by atoms with Crippen LogP contribution in [0, 0.1) is 0 Å². The molecule has 26 heavy (non-hydrogen) atoms. The zero-order chi connectivity index (χ0) is 18.7. The van der Waals surface area contributed by atoms with Gasteiger partial charge in [-0.3, -0.25) is 8.61 Å².